The average Bonchev–Trinajstić information content (AvgIpc) is 2.52. The molecular formula is C13H22N4O. The highest BCUT2D eigenvalue weighted by molar-refractivity contribution is 5.78. The minimum absolute atomic E-state index is 0.132. The van der Waals surface area contributed by atoms with E-state index in [0.29, 0.717) is 12.6 Å². The van der Waals surface area contributed by atoms with Gasteiger partial charge in [0.15, 0.2) is 0 Å². The third kappa shape index (κ3) is 3.10. The SMILES string of the molecule is Cc1cc(C)n(CC(C)N2CCCNC(=O)C2)n1. The molecule has 1 aliphatic rings. The van der Waals surface area contributed by atoms with Gasteiger partial charge < -0.3 is 5.32 Å². The molecule has 2 heterocycles. The van der Waals surface area contributed by atoms with Gasteiger partial charge in [-0.3, -0.25) is 14.4 Å². The van der Waals surface area contributed by atoms with Gasteiger partial charge in [-0.1, -0.05) is 0 Å². The van der Waals surface area contributed by atoms with Gasteiger partial charge in [0.25, 0.3) is 0 Å². The second-order valence-corrected chi connectivity index (χ2v) is 5.13. The number of hydrogen-bond donors (Lipinski definition) is 1. The lowest BCUT2D eigenvalue weighted by molar-refractivity contribution is -0.121. The van der Waals surface area contributed by atoms with Crippen molar-refractivity contribution >= 4 is 5.91 Å². The molecule has 1 amide bonds. The van der Waals surface area contributed by atoms with Gasteiger partial charge >= 0.3 is 0 Å². The summed E-state index contributed by atoms with van der Waals surface area (Å²) in [7, 11) is 0. The van der Waals surface area contributed by atoms with Crippen LogP contribution in [0.1, 0.15) is 24.7 Å². The Hall–Kier alpha value is -1.36. The number of rotatable bonds is 3. The first kappa shape index (κ1) is 13.1. The summed E-state index contributed by atoms with van der Waals surface area (Å²) in [5.41, 5.74) is 2.23. The van der Waals surface area contributed by atoms with Crippen LogP contribution in [0.3, 0.4) is 0 Å². The fourth-order valence-electron chi connectivity index (χ4n) is 2.43. The summed E-state index contributed by atoms with van der Waals surface area (Å²) in [6, 6.07) is 2.41. The van der Waals surface area contributed by atoms with Crippen molar-refractivity contribution in [2.24, 2.45) is 0 Å². The van der Waals surface area contributed by atoms with Gasteiger partial charge in [-0.05, 0) is 33.3 Å². The molecule has 0 radical (unpaired) electrons. The van der Waals surface area contributed by atoms with Crippen LogP contribution in [0, 0.1) is 13.8 Å². The first-order chi connectivity index (χ1) is 8.56. The summed E-state index contributed by atoms with van der Waals surface area (Å²) >= 11 is 0. The highest BCUT2D eigenvalue weighted by Crippen LogP contribution is 2.08. The number of nitrogens with zero attached hydrogens (tertiary/aromatic N) is 3. The van der Waals surface area contributed by atoms with Crippen molar-refractivity contribution in [3.05, 3.63) is 17.5 Å². The Bertz CT molecular complexity index is 427. The predicted molar refractivity (Wildman–Crippen MR) is 70.4 cm³/mol. The molecule has 1 N–H and O–H groups in total. The molecule has 0 bridgehead atoms. The summed E-state index contributed by atoms with van der Waals surface area (Å²) in [4.78, 5) is 13.8. The number of aromatic nitrogens is 2. The van der Waals surface area contributed by atoms with Crippen LogP contribution in [-0.2, 0) is 11.3 Å². The molecule has 1 atom stereocenters. The molecule has 0 aromatic carbocycles. The van der Waals surface area contributed by atoms with Crippen molar-refractivity contribution in [3.8, 4) is 0 Å². The zero-order valence-corrected chi connectivity index (χ0v) is 11.4. The lowest BCUT2D eigenvalue weighted by Gasteiger charge is -2.26. The van der Waals surface area contributed by atoms with Crippen molar-refractivity contribution in [1.29, 1.82) is 0 Å². The molecule has 1 aromatic heterocycles. The van der Waals surface area contributed by atoms with Crippen molar-refractivity contribution < 1.29 is 4.79 Å². The van der Waals surface area contributed by atoms with E-state index >= 15 is 0 Å². The molecule has 1 aromatic rings. The van der Waals surface area contributed by atoms with Crippen LogP contribution < -0.4 is 5.32 Å². The molecule has 5 heteroatoms. The van der Waals surface area contributed by atoms with E-state index in [1.165, 1.54) is 5.69 Å². The quantitative estimate of drug-likeness (QED) is 0.859. The highest BCUT2D eigenvalue weighted by atomic mass is 16.2. The minimum atomic E-state index is 0.132. The molecule has 0 aliphatic carbocycles. The van der Waals surface area contributed by atoms with Gasteiger partial charge in [-0.15, -0.1) is 0 Å². The molecule has 5 nitrogen and oxygen atoms in total. The number of hydrogen-bond acceptors (Lipinski definition) is 3. The molecule has 0 spiro atoms. The largest absolute Gasteiger partial charge is 0.355 e. The second-order valence-electron chi connectivity index (χ2n) is 5.13. The summed E-state index contributed by atoms with van der Waals surface area (Å²) in [6.07, 6.45) is 1.02. The maximum Gasteiger partial charge on any atom is 0.234 e. The molecule has 1 aliphatic heterocycles. The van der Waals surface area contributed by atoms with Crippen LogP contribution in [0.15, 0.2) is 6.07 Å². The zero-order chi connectivity index (χ0) is 13.1. The van der Waals surface area contributed by atoms with Crippen molar-refractivity contribution in [2.75, 3.05) is 19.6 Å². The predicted octanol–water partition coefficient (Wildman–Crippen LogP) is 0.710. The molecule has 0 saturated carbocycles. The van der Waals surface area contributed by atoms with E-state index in [1.54, 1.807) is 0 Å². The van der Waals surface area contributed by atoms with Gasteiger partial charge in [0.1, 0.15) is 0 Å². The molecule has 100 valence electrons. The topological polar surface area (TPSA) is 50.2 Å². The first-order valence-electron chi connectivity index (χ1n) is 6.58. The number of carbonyl (C=O) groups is 1. The summed E-state index contributed by atoms with van der Waals surface area (Å²) in [5, 5.41) is 7.38. The van der Waals surface area contributed by atoms with Crippen molar-refractivity contribution in [3.63, 3.8) is 0 Å². The monoisotopic (exact) mass is 250 g/mol. The van der Waals surface area contributed by atoms with E-state index in [1.807, 2.05) is 11.6 Å². The van der Waals surface area contributed by atoms with E-state index in [9.17, 15) is 4.79 Å². The maximum absolute atomic E-state index is 11.5. The number of carbonyl (C=O) groups excluding carboxylic acids is 1. The third-order valence-electron chi connectivity index (χ3n) is 3.45. The van der Waals surface area contributed by atoms with E-state index in [-0.39, 0.29) is 5.91 Å². The summed E-state index contributed by atoms with van der Waals surface area (Å²) in [5.74, 6) is 0.132. The van der Waals surface area contributed by atoms with Crippen LogP contribution >= 0.6 is 0 Å². The normalized spacial score (nSPS) is 19.4. The molecule has 2 rings (SSSR count). The fraction of sp³-hybridized carbons (Fsp3) is 0.692. The Labute approximate surface area is 108 Å². The van der Waals surface area contributed by atoms with Crippen LogP contribution in [-0.4, -0.2) is 46.3 Å². The molecule has 1 fully saturated rings. The molecule has 1 saturated heterocycles. The number of aryl methyl sites for hydroxylation is 2. The Morgan fingerprint density at radius 2 is 2.28 bits per heavy atom. The van der Waals surface area contributed by atoms with E-state index in [2.05, 4.69) is 35.2 Å². The lowest BCUT2D eigenvalue weighted by atomic mass is 10.2. The van der Waals surface area contributed by atoms with Gasteiger partial charge in [-0.25, -0.2) is 0 Å². The number of amides is 1. The fourth-order valence-corrected chi connectivity index (χ4v) is 2.43. The zero-order valence-electron chi connectivity index (χ0n) is 11.4. The first-order valence-corrected chi connectivity index (χ1v) is 6.58. The molecular weight excluding hydrogens is 228 g/mol. The second kappa shape index (κ2) is 5.52. The lowest BCUT2D eigenvalue weighted by Crippen LogP contribution is -2.41. The van der Waals surface area contributed by atoms with Gasteiger partial charge in [0, 0.05) is 24.8 Å². The standard InChI is InChI=1S/C13H22N4O/c1-10-7-11(2)17(15-10)8-12(3)16-6-4-5-14-13(18)9-16/h7,12H,4-6,8-9H2,1-3H3,(H,14,18). The highest BCUT2D eigenvalue weighted by Gasteiger charge is 2.20. The third-order valence-corrected chi connectivity index (χ3v) is 3.45. The molecule has 18 heavy (non-hydrogen) atoms. The van der Waals surface area contributed by atoms with Crippen LogP contribution in [0.4, 0.5) is 0 Å². The Morgan fingerprint density at radius 3 is 2.94 bits per heavy atom. The van der Waals surface area contributed by atoms with E-state index < -0.39 is 0 Å². The summed E-state index contributed by atoms with van der Waals surface area (Å²) < 4.78 is 2.03. The van der Waals surface area contributed by atoms with Crippen molar-refractivity contribution in [1.82, 2.24) is 20.0 Å². The Balaban J connectivity index is 2.00. The minimum Gasteiger partial charge on any atom is -0.355 e. The molecule has 1 unspecified atom stereocenters. The maximum atomic E-state index is 11.5. The van der Waals surface area contributed by atoms with E-state index in [0.717, 1.165) is 31.7 Å². The smallest absolute Gasteiger partial charge is 0.234 e. The number of nitrogens with one attached hydrogen (secondary N) is 1. The van der Waals surface area contributed by atoms with Gasteiger partial charge in [-0.2, -0.15) is 5.10 Å². The summed E-state index contributed by atoms with van der Waals surface area (Å²) in [6.45, 7) is 9.35. The van der Waals surface area contributed by atoms with Gasteiger partial charge in [0.2, 0.25) is 5.91 Å². The van der Waals surface area contributed by atoms with Crippen LogP contribution in [0.25, 0.3) is 0 Å². The van der Waals surface area contributed by atoms with Crippen LogP contribution in [0.2, 0.25) is 0 Å². The Kier molecular flexibility index (Phi) is 4.01. The van der Waals surface area contributed by atoms with Gasteiger partial charge in [0.05, 0.1) is 18.8 Å². The Morgan fingerprint density at radius 1 is 1.50 bits per heavy atom. The average molecular weight is 250 g/mol. The van der Waals surface area contributed by atoms with Crippen molar-refractivity contribution in [2.45, 2.75) is 39.8 Å². The van der Waals surface area contributed by atoms with Crippen LogP contribution in [0.5, 0.6) is 0 Å². The van der Waals surface area contributed by atoms with E-state index in [4.69, 9.17) is 0 Å².